The number of hydrogen-bond donors (Lipinski definition) is 0. The van der Waals surface area contributed by atoms with Crippen molar-refractivity contribution in [2.24, 2.45) is 5.92 Å². The van der Waals surface area contributed by atoms with Crippen molar-refractivity contribution in [3.63, 3.8) is 0 Å². The van der Waals surface area contributed by atoms with Crippen molar-refractivity contribution in [2.45, 2.75) is 52.6 Å². The van der Waals surface area contributed by atoms with Crippen LogP contribution < -0.4 is 4.90 Å². The molecule has 1 aliphatic rings. The SMILES string of the molecule is [2H]C1([2H])C(C)C(C)N(c2ccccc2C)C1(C)C. The first kappa shape index (κ1) is 9.09. The lowest BCUT2D eigenvalue weighted by atomic mass is 9.96. The van der Waals surface area contributed by atoms with Crippen LogP contribution in [0.2, 0.25) is 0 Å². The van der Waals surface area contributed by atoms with Gasteiger partial charge in [-0.2, -0.15) is 0 Å². The Labute approximate surface area is 102 Å². The van der Waals surface area contributed by atoms with Gasteiger partial charge in [0.05, 0.1) is 0 Å². The van der Waals surface area contributed by atoms with Crippen molar-refractivity contribution in [2.75, 3.05) is 4.90 Å². The Morgan fingerprint density at radius 2 is 1.94 bits per heavy atom. The lowest BCUT2D eigenvalue weighted by molar-refractivity contribution is 0.487. The van der Waals surface area contributed by atoms with E-state index >= 15 is 0 Å². The number of rotatable bonds is 1. The normalized spacial score (nSPS) is 33.4. The van der Waals surface area contributed by atoms with Crippen LogP contribution in [-0.2, 0) is 0 Å². The number of aryl methyl sites for hydroxylation is 1. The van der Waals surface area contributed by atoms with Crippen molar-refractivity contribution in [3.8, 4) is 0 Å². The van der Waals surface area contributed by atoms with Gasteiger partial charge in [0.15, 0.2) is 0 Å². The molecule has 1 aromatic carbocycles. The van der Waals surface area contributed by atoms with Gasteiger partial charge < -0.3 is 4.90 Å². The molecule has 1 heterocycles. The molecule has 0 aliphatic carbocycles. The second-order valence-corrected chi connectivity index (χ2v) is 5.39. The van der Waals surface area contributed by atoms with Crippen molar-refractivity contribution in [1.29, 1.82) is 0 Å². The zero-order valence-corrected chi connectivity index (χ0v) is 10.9. The predicted molar refractivity (Wildman–Crippen MR) is 71.0 cm³/mol. The molecule has 0 amide bonds. The van der Waals surface area contributed by atoms with Crippen LogP contribution >= 0.6 is 0 Å². The molecule has 0 bridgehead atoms. The van der Waals surface area contributed by atoms with Gasteiger partial charge in [-0.1, -0.05) is 25.1 Å². The van der Waals surface area contributed by atoms with Crippen molar-refractivity contribution in [3.05, 3.63) is 29.8 Å². The Kier molecular flexibility index (Phi) is 2.16. The molecule has 2 unspecified atom stereocenters. The van der Waals surface area contributed by atoms with Gasteiger partial charge in [-0.25, -0.2) is 0 Å². The standard InChI is InChI=1S/C15H23N/c1-11-8-6-7-9-14(11)16-13(3)12(2)10-15(16,4)5/h6-9,12-13H,10H2,1-5H3/i10D2. The van der Waals surface area contributed by atoms with Gasteiger partial charge in [-0.3, -0.25) is 0 Å². The van der Waals surface area contributed by atoms with E-state index < -0.39 is 11.9 Å². The summed E-state index contributed by atoms with van der Waals surface area (Å²) in [6, 6.07) is 8.46. The molecule has 2 atom stereocenters. The summed E-state index contributed by atoms with van der Waals surface area (Å²) in [5, 5.41) is 0. The average molecular weight is 219 g/mol. The minimum absolute atomic E-state index is 0.0205. The third kappa shape index (κ3) is 1.73. The zero-order chi connectivity index (χ0) is 13.7. The molecule has 2 rings (SSSR count). The highest BCUT2D eigenvalue weighted by atomic mass is 15.2. The first-order valence-electron chi connectivity index (χ1n) is 7.06. The molecular weight excluding hydrogens is 194 g/mol. The molecule has 0 saturated carbocycles. The summed E-state index contributed by atoms with van der Waals surface area (Å²) < 4.78 is 16.8. The van der Waals surface area contributed by atoms with Gasteiger partial charge >= 0.3 is 0 Å². The lowest BCUT2D eigenvalue weighted by Gasteiger charge is -2.38. The van der Waals surface area contributed by atoms with E-state index in [1.54, 1.807) is 0 Å². The van der Waals surface area contributed by atoms with E-state index in [-0.39, 0.29) is 12.0 Å². The topological polar surface area (TPSA) is 3.24 Å². The quantitative estimate of drug-likeness (QED) is 0.690. The van der Waals surface area contributed by atoms with Crippen molar-refractivity contribution < 1.29 is 2.74 Å². The number of nitrogens with zero attached hydrogens (tertiary/aromatic N) is 1. The van der Waals surface area contributed by atoms with Crippen molar-refractivity contribution >= 4 is 5.69 Å². The summed E-state index contributed by atoms with van der Waals surface area (Å²) in [6.07, 6.45) is -1.19. The number of para-hydroxylation sites is 1. The Balaban J connectivity index is 2.55. The minimum atomic E-state index is -1.19. The minimum Gasteiger partial charge on any atom is -0.363 e. The maximum Gasteiger partial charge on any atom is 0.0402 e. The summed E-state index contributed by atoms with van der Waals surface area (Å²) in [4.78, 5) is 2.26. The summed E-state index contributed by atoms with van der Waals surface area (Å²) in [5.74, 6) is 0.0205. The maximum atomic E-state index is 8.40. The molecule has 88 valence electrons. The molecule has 1 saturated heterocycles. The summed E-state index contributed by atoms with van der Waals surface area (Å²) in [6.45, 7) is 10.3. The fraction of sp³-hybridized carbons (Fsp3) is 0.600. The lowest BCUT2D eigenvalue weighted by Crippen LogP contribution is -2.42. The average Bonchev–Trinajstić information content (AvgIpc) is 2.40. The van der Waals surface area contributed by atoms with Gasteiger partial charge in [0.2, 0.25) is 0 Å². The predicted octanol–water partition coefficient (Wildman–Crippen LogP) is 4.01. The van der Waals surface area contributed by atoms with Crippen LogP contribution in [0.15, 0.2) is 24.3 Å². The second kappa shape index (κ2) is 3.80. The smallest absolute Gasteiger partial charge is 0.0402 e. The molecule has 16 heavy (non-hydrogen) atoms. The number of anilines is 1. The fourth-order valence-corrected chi connectivity index (χ4v) is 2.83. The van der Waals surface area contributed by atoms with E-state index in [1.165, 1.54) is 5.56 Å². The van der Waals surface area contributed by atoms with E-state index in [2.05, 4.69) is 30.9 Å². The van der Waals surface area contributed by atoms with Crippen LogP contribution in [0.5, 0.6) is 0 Å². The highest BCUT2D eigenvalue weighted by Crippen LogP contribution is 2.41. The van der Waals surface area contributed by atoms with E-state index in [9.17, 15) is 0 Å². The molecular formula is C15H23N. The van der Waals surface area contributed by atoms with Crippen LogP contribution in [0.1, 0.15) is 42.4 Å². The van der Waals surface area contributed by atoms with Gasteiger partial charge in [0, 0.05) is 20.0 Å². The Hall–Kier alpha value is -0.980. The third-order valence-corrected chi connectivity index (χ3v) is 3.69. The summed E-state index contributed by atoms with van der Waals surface area (Å²) >= 11 is 0. The van der Waals surface area contributed by atoms with Crippen LogP contribution in [-0.4, -0.2) is 11.6 Å². The molecule has 1 heteroatoms. The Bertz CT molecular complexity index is 454. The monoisotopic (exact) mass is 219 g/mol. The second-order valence-electron chi connectivity index (χ2n) is 5.39. The third-order valence-electron chi connectivity index (χ3n) is 3.69. The number of hydrogen-bond acceptors (Lipinski definition) is 1. The summed E-state index contributed by atoms with van der Waals surface area (Å²) in [5.41, 5.74) is 1.88. The first-order valence-corrected chi connectivity index (χ1v) is 6.06. The van der Waals surface area contributed by atoms with E-state index in [0.29, 0.717) is 0 Å². The molecule has 0 radical (unpaired) electrons. The van der Waals surface area contributed by atoms with Crippen LogP contribution in [0.4, 0.5) is 5.69 Å². The molecule has 1 aromatic rings. The van der Waals surface area contributed by atoms with E-state index in [1.807, 2.05) is 32.9 Å². The van der Waals surface area contributed by atoms with Crippen LogP contribution in [0, 0.1) is 12.8 Å². The molecule has 1 fully saturated rings. The van der Waals surface area contributed by atoms with Crippen LogP contribution in [0.25, 0.3) is 0 Å². The van der Waals surface area contributed by atoms with Gasteiger partial charge in [-0.15, -0.1) is 0 Å². The molecule has 1 aliphatic heterocycles. The van der Waals surface area contributed by atoms with Crippen LogP contribution in [0.3, 0.4) is 0 Å². The van der Waals surface area contributed by atoms with E-state index in [4.69, 9.17) is 2.74 Å². The highest BCUT2D eigenvalue weighted by molar-refractivity contribution is 5.57. The molecule has 1 nitrogen and oxygen atoms in total. The zero-order valence-electron chi connectivity index (χ0n) is 12.9. The Morgan fingerprint density at radius 1 is 1.31 bits per heavy atom. The van der Waals surface area contributed by atoms with E-state index in [0.717, 1.165) is 5.69 Å². The fourth-order valence-electron chi connectivity index (χ4n) is 2.83. The molecule has 0 spiro atoms. The first-order chi connectivity index (χ1) is 8.21. The van der Waals surface area contributed by atoms with Gasteiger partial charge in [-0.05, 0) is 51.6 Å². The van der Waals surface area contributed by atoms with Crippen molar-refractivity contribution in [1.82, 2.24) is 0 Å². The maximum absolute atomic E-state index is 8.40. The molecule has 0 N–H and O–H groups in total. The summed E-state index contributed by atoms with van der Waals surface area (Å²) in [7, 11) is 0. The number of benzene rings is 1. The Morgan fingerprint density at radius 3 is 2.44 bits per heavy atom. The largest absolute Gasteiger partial charge is 0.363 e. The van der Waals surface area contributed by atoms with Gasteiger partial charge in [0.25, 0.3) is 0 Å². The highest BCUT2D eigenvalue weighted by Gasteiger charge is 2.41. The van der Waals surface area contributed by atoms with Gasteiger partial charge in [0.1, 0.15) is 0 Å². The molecule has 0 aromatic heterocycles.